The van der Waals surface area contributed by atoms with Crippen LogP contribution in [-0.2, 0) is 10.2 Å². The van der Waals surface area contributed by atoms with Gasteiger partial charge in [-0.1, -0.05) is 20.8 Å². The van der Waals surface area contributed by atoms with Gasteiger partial charge in [-0.3, -0.25) is 0 Å². The smallest absolute Gasteiger partial charge is 0.140 e. The van der Waals surface area contributed by atoms with Crippen LogP contribution in [-0.4, -0.2) is 22.2 Å². The van der Waals surface area contributed by atoms with Crippen LogP contribution < -0.4 is 5.73 Å². The van der Waals surface area contributed by atoms with E-state index < -0.39 is 0 Å². The summed E-state index contributed by atoms with van der Waals surface area (Å²) < 4.78 is 6.90. The van der Waals surface area contributed by atoms with E-state index in [4.69, 9.17) is 15.5 Å². The molecule has 1 aromatic rings. The van der Waals surface area contributed by atoms with Gasteiger partial charge in [0.1, 0.15) is 11.6 Å². The quantitative estimate of drug-likeness (QED) is 0.769. The van der Waals surface area contributed by atoms with Gasteiger partial charge >= 0.3 is 0 Å². The first-order valence-corrected chi connectivity index (χ1v) is 7.93. The number of halogens is 1. The fourth-order valence-electron chi connectivity index (χ4n) is 3.05. The summed E-state index contributed by atoms with van der Waals surface area (Å²) in [6.45, 7) is 6.49. The maximum absolute atomic E-state index is 6.08. The molecule has 2 N–H and O–H groups in total. The summed E-state index contributed by atoms with van der Waals surface area (Å²) in [6, 6.07) is 0. The Morgan fingerprint density at radius 2 is 2.00 bits per heavy atom. The predicted molar refractivity (Wildman–Crippen MR) is 83.1 cm³/mol. The molecule has 0 saturated carbocycles. The van der Waals surface area contributed by atoms with Gasteiger partial charge in [0.05, 0.1) is 21.5 Å². The zero-order valence-corrected chi connectivity index (χ0v) is 13.8. The van der Waals surface area contributed by atoms with E-state index in [1.807, 2.05) is 0 Å². The van der Waals surface area contributed by atoms with Gasteiger partial charge in [-0.15, -0.1) is 0 Å². The largest absolute Gasteiger partial charge is 0.383 e. The lowest BCUT2D eigenvalue weighted by atomic mass is 9.87. The van der Waals surface area contributed by atoms with Crippen LogP contribution >= 0.6 is 22.6 Å². The van der Waals surface area contributed by atoms with Crippen molar-refractivity contribution in [2.45, 2.75) is 63.6 Å². The van der Waals surface area contributed by atoms with Crippen molar-refractivity contribution in [1.82, 2.24) is 9.97 Å². The Hall–Kier alpha value is -0.430. The molecule has 2 aliphatic heterocycles. The van der Waals surface area contributed by atoms with Gasteiger partial charge < -0.3 is 10.5 Å². The molecule has 2 saturated heterocycles. The molecule has 0 amide bonds. The summed E-state index contributed by atoms with van der Waals surface area (Å²) in [7, 11) is 0. The van der Waals surface area contributed by atoms with Gasteiger partial charge in [0.25, 0.3) is 0 Å². The molecular formula is C14H20IN3O. The van der Waals surface area contributed by atoms with Crippen molar-refractivity contribution in [2.24, 2.45) is 0 Å². The van der Waals surface area contributed by atoms with Gasteiger partial charge in [0.2, 0.25) is 0 Å². The molecule has 104 valence electrons. The van der Waals surface area contributed by atoms with E-state index in [-0.39, 0.29) is 5.41 Å². The molecule has 3 heterocycles. The fourth-order valence-corrected chi connectivity index (χ4v) is 4.11. The van der Waals surface area contributed by atoms with E-state index in [2.05, 4.69) is 48.3 Å². The van der Waals surface area contributed by atoms with E-state index in [1.165, 1.54) is 6.42 Å². The third-order valence-corrected chi connectivity index (χ3v) is 5.11. The molecule has 2 bridgehead atoms. The average Bonchev–Trinajstić information content (AvgIpc) is 2.92. The van der Waals surface area contributed by atoms with Crippen LogP contribution in [0.15, 0.2) is 0 Å². The highest BCUT2D eigenvalue weighted by molar-refractivity contribution is 14.1. The third-order valence-electron chi connectivity index (χ3n) is 4.04. The lowest BCUT2D eigenvalue weighted by Gasteiger charge is -2.24. The summed E-state index contributed by atoms with van der Waals surface area (Å²) in [5.74, 6) is 1.83. The van der Waals surface area contributed by atoms with Crippen molar-refractivity contribution >= 4 is 28.4 Å². The predicted octanol–water partition coefficient (Wildman–Crippen LogP) is 3.00. The van der Waals surface area contributed by atoms with Crippen molar-refractivity contribution in [3.63, 3.8) is 0 Å². The average molecular weight is 373 g/mol. The van der Waals surface area contributed by atoms with Crippen LogP contribution in [0.25, 0.3) is 0 Å². The molecule has 5 heteroatoms. The second-order valence-corrected chi connectivity index (χ2v) is 7.67. The second-order valence-electron chi connectivity index (χ2n) is 6.60. The number of hydrogen-bond donors (Lipinski definition) is 1. The number of nitrogens with zero attached hydrogens (tertiary/aromatic N) is 2. The lowest BCUT2D eigenvalue weighted by Crippen LogP contribution is -2.23. The maximum Gasteiger partial charge on any atom is 0.140 e. The third kappa shape index (κ3) is 2.35. The van der Waals surface area contributed by atoms with Crippen LogP contribution in [0.1, 0.15) is 57.5 Å². The Morgan fingerprint density at radius 1 is 1.26 bits per heavy atom. The highest BCUT2D eigenvalue weighted by atomic mass is 127. The molecule has 0 aromatic carbocycles. The minimum Gasteiger partial charge on any atom is -0.383 e. The minimum absolute atomic E-state index is 0.0131. The van der Waals surface area contributed by atoms with Crippen LogP contribution in [0, 0.1) is 3.57 Å². The van der Waals surface area contributed by atoms with Gasteiger partial charge in [0.15, 0.2) is 0 Å². The van der Waals surface area contributed by atoms with Gasteiger partial charge in [-0.25, -0.2) is 9.97 Å². The number of rotatable bonds is 1. The Kier molecular flexibility index (Phi) is 3.24. The standard InChI is InChI=1S/C14H20IN3O/c1-14(2,3)11-10(15)12(16)18-13(17-11)8-6-7-4-5-9(8)19-7/h7-9H,4-6H2,1-3H3,(H2,16,17,18). The zero-order valence-electron chi connectivity index (χ0n) is 11.6. The first-order valence-electron chi connectivity index (χ1n) is 6.85. The number of aromatic nitrogens is 2. The van der Waals surface area contributed by atoms with E-state index in [0.717, 1.165) is 27.9 Å². The molecule has 19 heavy (non-hydrogen) atoms. The Balaban J connectivity index is 2.01. The summed E-state index contributed by atoms with van der Waals surface area (Å²) in [4.78, 5) is 9.35. The summed E-state index contributed by atoms with van der Waals surface area (Å²) >= 11 is 2.25. The van der Waals surface area contributed by atoms with Gasteiger partial charge in [-0.05, 0) is 41.9 Å². The normalized spacial score (nSPS) is 30.0. The fraction of sp³-hybridized carbons (Fsp3) is 0.714. The van der Waals surface area contributed by atoms with E-state index >= 15 is 0 Å². The molecule has 0 spiro atoms. The van der Waals surface area contributed by atoms with E-state index in [0.29, 0.717) is 23.9 Å². The SMILES string of the molecule is CC(C)(C)c1nc(C2CC3CCC2O3)nc(N)c1I. The molecule has 2 aliphatic rings. The number of nitrogens with two attached hydrogens (primary N) is 1. The molecule has 0 radical (unpaired) electrons. The van der Waals surface area contributed by atoms with Crippen molar-refractivity contribution in [3.05, 3.63) is 15.1 Å². The topological polar surface area (TPSA) is 61.0 Å². The molecule has 2 fully saturated rings. The zero-order chi connectivity index (χ0) is 13.8. The molecule has 3 rings (SSSR count). The lowest BCUT2D eigenvalue weighted by molar-refractivity contribution is 0.0998. The molecule has 3 unspecified atom stereocenters. The van der Waals surface area contributed by atoms with E-state index in [1.54, 1.807) is 0 Å². The number of hydrogen-bond acceptors (Lipinski definition) is 4. The number of ether oxygens (including phenoxy) is 1. The van der Waals surface area contributed by atoms with Crippen LogP contribution in [0.4, 0.5) is 5.82 Å². The summed E-state index contributed by atoms with van der Waals surface area (Å²) in [6.07, 6.45) is 4.09. The van der Waals surface area contributed by atoms with Crippen LogP contribution in [0.3, 0.4) is 0 Å². The Bertz CT molecular complexity index is 512. The first-order chi connectivity index (χ1) is 8.86. The van der Waals surface area contributed by atoms with E-state index in [9.17, 15) is 0 Å². The van der Waals surface area contributed by atoms with Crippen LogP contribution in [0.2, 0.25) is 0 Å². The number of anilines is 1. The van der Waals surface area contributed by atoms with Crippen molar-refractivity contribution in [1.29, 1.82) is 0 Å². The maximum atomic E-state index is 6.08. The second kappa shape index (κ2) is 4.55. The summed E-state index contributed by atoms with van der Waals surface area (Å²) in [5, 5.41) is 0. The summed E-state index contributed by atoms with van der Waals surface area (Å²) in [5.41, 5.74) is 7.13. The number of fused-ring (bicyclic) bond motifs is 2. The van der Waals surface area contributed by atoms with Crippen molar-refractivity contribution in [3.8, 4) is 0 Å². The molecule has 0 aliphatic carbocycles. The van der Waals surface area contributed by atoms with Crippen molar-refractivity contribution < 1.29 is 4.74 Å². The molecular weight excluding hydrogens is 353 g/mol. The number of nitrogen functional groups attached to an aromatic ring is 1. The molecule has 3 atom stereocenters. The highest BCUT2D eigenvalue weighted by Gasteiger charge is 2.43. The highest BCUT2D eigenvalue weighted by Crippen LogP contribution is 2.44. The van der Waals surface area contributed by atoms with Crippen LogP contribution in [0.5, 0.6) is 0 Å². The first kappa shape index (κ1) is 13.5. The monoisotopic (exact) mass is 373 g/mol. The minimum atomic E-state index is -0.0131. The van der Waals surface area contributed by atoms with Crippen molar-refractivity contribution in [2.75, 3.05) is 5.73 Å². The Labute approximate surface area is 127 Å². The molecule has 4 nitrogen and oxygen atoms in total. The van der Waals surface area contributed by atoms with Gasteiger partial charge in [-0.2, -0.15) is 0 Å². The Morgan fingerprint density at radius 3 is 2.53 bits per heavy atom. The molecule has 1 aromatic heterocycles. The van der Waals surface area contributed by atoms with Gasteiger partial charge in [0, 0.05) is 11.3 Å².